The first kappa shape index (κ1) is 25.3. The maximum atomic E-state index is 13.4. The van der Waals surface area contributed by atoms with Gasteiger partial charge in [-0.05, 0) is 52.2 Å². The largest absolute Gasteiger partial charge is 0.497 e. The minimum atomic E-state index is -0.121. The topological polar surface area (TPSA) is 42.0 Å². The van der Waals surface area contributed by atoms with Gasteiger partial charge in [-0.2, -0.15) is 0 Å². The molecule has 1 heterocycles. The molecule has 1 amide bonds. The highest BCUT2D eigenvalue weighted by atomic mass is 35.5. The molecule has 5 nitrogen and oxygen atoms in total. The van der Waals surface area contributed by atoms with Crippen molar-refractivity contribution >= 4 is 28.3 Å². The summed E-state index contributed by atoms with van der Waals surface area (Å²) in [6, 6.07) is 29.8. The van der Waals surface area contributed by atoms with E-state index in [1.54, 1.807) is 7.11 Å². The number of ether oxygens (including phenoxy) is 2. The zero-order chi connectivity index (χ0) is 25.6. The summed E-state index contributed by atoms with van der Waals surface area (Å²) in [5.74, 6) is 0.913. The second kappa shape index (κ2) is 11.8. The summed E-state index contributed by atoms with van der Waals surface area (Å²) in [6.07, 6.45) is -0.121. The number of halogens is 1. The molecule has 190 valence electrons. The summed E-state index contributed by atoms with van der Waals surface area (Å²) in [7, 11) is 1.67. The first-order chi connectivity index (χ1) is 18.1. The van der Waals surface area contributed by atoms with Crippen molar-refractivity contribution in [2.45, 2.75) is 12.7 Å². The fourth-order valence-corrected chi connectivity index (χ4v) is 4.97. The van der Waals surface area contributed by atoms with Gasteiger partial charge in [-0.15, -0.1) is 0 Å². The summed E-state index contributed by atoms with van der Waals surface area (Å²) in [6.45, 7) is 4.18. The van der Waals surface area contributed by atoms with Gasteiger partial charge < -0.3 is 14.4 Å². The predicted octanol–water partition coefficient (Wildman–Crippen LogP) is 6.22. The number of fused-ring (bicyclic) bond motifs is 1. The molecule has 0 radical (unpaired) electrons. The molecular formula is C31H31ClN2O3. The molecule has 0 spiro atoms. The van der Waals surface area contributed by atoms with Gasteiger partial charge in [0.2, 0.25) is 0 Å². The van der Waals surface area contributed by atoms with Gasteiger partial charge in [0.05, 0.1) is 19.8 Å². The Morgan fingerprint density at radius 3 is 2.41 bits per heavy atom. The Kier molecular flexibility index (Phi) is 8.05. The fraction of sp³-hybridized carbons (Fsp3) is 0.258. The Balaban J connectivity index is 1.24. The van der Waals surface area contributed by atoms with Gasteiger partial charge in [-0.3, -0.25) is 9.69 Å². The summed E-state index contributed by atoms with van der Waals surface area (Å²) in [5.41, 5.74) is 2.91. The summed E-state index contributed by atoms with van der Waals surface area (Å²) >= 11 is 6.14. The zero-order valence-electron chi connectivity index (χ0n) is 21.0. The molecule has 4 aromatic rings. The van der Waals surface area contributed by atoms with Crippen LogP contribution in [0, 0.1) is 0 Å². The average molecular weight is 515 g/mol. The van der Waals surface area contributed by atoms with E-state index in [1.807, 2.05) is 95.9 Å². The lowest BCUT2D eigenvalue weighted by Gasteiger charge is -2.36. The average Bonchev–Trinajstić information content (AvgIpc) is 2.95. The molecule has 1 aliphatic heterocycles. The monoisotopic (exact) mass is 514 g/mol. The minimum absolute atomic E-state index is 0.0972. The minimum Gasteiger partial charge on any atom is -0.497 e. The van der Waals surface area contributed by atoms with Gasteiger partial charge in [0.1, 0.15) is 5.75 Å². The van der Waals surface area contributed by atoms with Crippen molar-refractivity contribution in [3.63, 3.8) is 0 Å². The molecule has 4 aromatic carbocycles. The Labute approximate surface area is 223 Å². The first-order valence-corrected chi connectivity index (χ1v) is 13.0. The molecule has 0 unspecified atom stereocenters. The zero-order valence-corrected chi connectivity index (χ0v) is 21.7. The molecule has 1 fully saturated rings. The smallest absolute Gasteiger partial charge is 0.254 e. The van der Waals surface area contributed by atoms with Crippen LogP contribution in [0.2, 0.25) is 5.02 Å². The number of piperazine rings is 1. The van der Waals surface area contributed by atoms with Gasteiger partial charge in [0, 0.05) is 43.3 Å². The maximum Gasteiger partial charge on any atom is 0.254 e. The van der Waals surface area contributed by atoms with Crippen LogP contribution in [-0.2, 0) is 11.3 Å². The molecule has 0 aliphatic carbocycles. The fourth-order valence-electron chi connectivity index (χ4n) is 4.84. The highest BCUT2D eigenvalue weighted by molar-refractivity contribution is 6.30. The Bertz CT molecular complexity index is 1340. The third-order valence-electron chi connectivity index (χ3n) is 6.93. The normalized spacial score (nSPS) is 15.0. The van der Waals surface area contributed by atoms with Gasteiger partial charge >= 0.3 is 0 Å². The number of nitrogens with zero attached hydrogens (tertiary/aromatic N) is 2. The van der Waals surface area contributed by atoms with Crippen molar-refractivity contribution in [3.05, 3.63) is 113 Å². The standard InChI is InChI=1S/C31H31ClN2O3/c1-36-27-9-4-6-23(20-27)22-37-30(25-12-14-26(32)15-13-25)21-33-16-18-34(19-17-33)31(35)29-11-5-8-24-7-2-3-10-28(24)29/h2-15,20,30H,16-19,21-22H2,1H3/t30-/m1/s1. The van der Waals surface area contributed by atoms with Crippen molar-refractivity contribution in [1.29, 1.82) is 0 Å². The van der Waals surface area contributed by atoms with E-state index in [1.165, 1.54) is 0 Å². The number of amides is 1. The van der Waals surface area contributed by atoms with E-state index in [4.69, 9.17) is 21.1 Å². The van der Waals surface area contributed by atoms with Crippen molar-refractivity contribution in [2.24, 2.45) is 0 Å². The van der Waals surface area contributed by atoms with Gasteiger partial charge in [0.15, 0.2) is 0 Å². The van der Waals surface area contributed by atoms with E-state index in [0.717, 1.165) is 52.8 Å². The summed E-state index contributed by atoms with van der Waals surface area (Å²) in [5, 5.41) is 2.80. The third-order valence-corrected chi connectivity index (χ3v) is 7.18. The van der Waals surface area contributed by atoms with Crippen molar-refractivity contribution < 1.29 is 14.3 Å². The molecule has 1 saturated heterocycles. The van der Waals surface area contributed by atoms with E-state index in [2.05, 4.69) is 4.90 Å². The highest BCUT2D eigenvalue weighted by Gasteiger charge is 2.25. The van der Waals surface area contributed by atoms with Crippen LogP contribution in [0.4, 0.5) is 0 Å². The van der Waals surface area contributed by atoms with E-state index in [9.17, 15) is 4.79 Å². The lowest BCUT2D eigenvalue weighted by molar-refractivity contribution is 0.00340. The second-order valence-corrected chi connectivity index (χ2v) is 9.76. The maximum absolute atomic E-state index is 13.4. The molecule has 1 atom stereocenters. The van der Waals surface area contributed by atoms with Crippen LogP contribution in [-0.4, -0.2) is 55.5 Å². The summed E-state index contributed by atoms with van der Waals surface area (Å²) < 4.78 is 11.8. The highest BCUT2D eigenvalue weighted by Crippen LogP contribution is 2.25. The molecule has 6 heteroatoms. The molecule has 0 saturated carbocycles. The van der Waals surface area contributed by atoms with Crippen LogP contribution in [0.3, 0.4) is 0 Å². The summed E-state index contributed by atoms with van der Waals surface area (Å²) in [4.78, 5) is 17.7. The molecule has 0 bridgehead atoms. The number of carbonyl (C=O) groups is 1. The van der Waals surface area contributed by atoms with Crippen LogP contribution >= 0.6 is 11.6 Å². The Morgan fingerprint density at radius 2 is 1.62 bits per heavy atom. The lowest BCUT2D eigenvalue weighted by Crippen LogP contribution is -2.49. The van der Waals surface area contributed by atoms with Gasteiger partial charge in [0.25, 0.3) is 5.91 Å². The second-order valence-electron chi connectivity index (χ2n) is 9.32. The lowest BCUT2D eigenvalue weighted by atomic mass is 10.0. The van der Waals surface area contributed by atoms with Crippen LogP contribution in [0.15, 0.2) is 91.0 Å². The molecule has 1 aliphatic rings. The van der Waals surface area contributed by atoms with Crippen LogP contribution in [0.5, 0.6) is 5.75 Å². The predicted molar refractivity (Wildman–Crippen MR) is 148 cm³/mol. The van der Waals surface area contributed by atoms with Crippen LogP contribution in [0.1, 0.15) is 27.6 Å². The number of hydrogen-bond donors (Lipinski definition) is 0. The van der Waals surface area contributed by atoms with Crippen molar-refractivity contribution in [3.8, 4) is 5.75 Å². The number of methoxy groups -OCH3 is 1. The number of benzene rings is 4. The van der Waals surface area contributed by atoms with E-state index in [-0.39, 0.29) is 12.0 Å². The quantitative estimate of drug-likeness (QED) is 0.280. The van der Waals surface area contributed by atoms with Crippen LogP contribution < -0.4 is 4.74 Å². The van der Waals surface area contributed by atoms with Crippen LogP contribution in [0.25, 0.3) is 10.8 Å². The van der Waals surface area contributed by atoms with Gasteiger partial charge in [-0.25, -0.2) is 0 Å². The van der Waals surface area contributed by atoms with E-state index in [0.29, 0.717) is 24.7 Å². The van der Waals surface area contributed by atoms with E-state index < -0.39 is 0 Å². The Hall–Kier alpha value is -3.38. The molecule has 37 heavy (non-hydrogen) atoms. The van der Waals surface area contributed by atoms with Crippen molar-refractivity contribution in [1.82, 2.24) is 9.80 Å². The Morgan fingerprint density at radius 1 is 0.892 bits per heavy atom. The number of hydrogen-bond acceptors (Lipinski definition) is 4. The molecule has 5 rings (SSSR count). The van der Waals surface area contributed by atoms with E-state index >= 15 is 0 Å². The molecule has 0 N–H and O–H groups in total. The first-order valence-electron chi connectivity index (χ1n) is 12.6. The molecular weight excluding hydrogens is 484 g/mol. The number of carbonyl (C=O) groups excluding carboxylic acids is 1. The molecule has 0 aromatic heterocycles. The third kappa shape index (κ3) is 6.13. The van der Waals surface area contributed by atoms with Crippen molar-refractivity contribution in [2.75, 3.05) is 39.8 Å². The number of rotatable bonds is 8. The van der Waals surface area contributed by atoms with Gasteiger partial charge in [-0.1, -0.05) is 72.3 Å². The SMILES string of the molecule is COc1cccc(CO[C@H](CN2CCN(C(=O)c3cccc4ccccc34)CC2)c2ccc(Cl)cc2)c1.